The van der Waals surface area contributed by atoms with E-state index in [0.717, 1.165) is 5.56 Å². The molecular formula is C16H9NO4. The molecule has 0 atom stereocenters. The molecule has 2 aromatic heterocycles. The van der Waals surface area contributed by atoms with Gasteiger partial charge in [-0.15, -0.1) is 0 Å². The van der Waals surface area contributed by atoms with Crippen LogP contribution in [0.5, 0.6) is 0 Å². The van der Waals surface area contributed by atoms with Gasteiger partial charge in [0.25, 0.3) is 0 Å². The van der Waals surface area contributed by atoms with E-state index < -0.39 is 5.76 Å². The maximum atomic E-state index is 12.2. The summed E-state index contributed by atoms with van der Waals surface area (Å²) in [5, 5.41) is 0.402. The molecule has 21 heavy (non-hydrogen) atoms. The van der Waals surface area contributed by atoms with Gasteiger partial charge in [-0.05, 0) is 12.1 Å². The molecule has 1 N–H and O–H groups in total. The second-order valence-corrected chi connectivity index (χ2v) is 4.67. The fourth-order valence-corrected chi connectivity index (χ4v) is 2.38. The number of rotatable bonds is 1. The Balaban J connectivity index is 2.15. The minimum absolute atomic E-state index is 0.168. The normalized spacial score (nSPS) is 11.2. The van der Waals surface area contributed by atoms with E-state index in [9.17, 15) is 9.59 Å². The van der Waals surface area contributed by atoms with Crippen LogP contribution in [0.1, 0.15) is 0 Å². The van der Waals surface area contributed by atoms with Crippen LogP contribution in [0, 0.1) is 0 Å². The van der Waals surface area contributed by atoms with E-state index in [2.05, 4.69) is 4.98 Å². The van der Waals surface area contributed by atoms with Gasteiger partial charge < -0.3 is 8.83 Å². The summed E-state index contributed by atoms with van der Waals surface area (Å²) in [5.74, 6) is -0.132. The quantitative estimate of drug-likeness (QED) is 0.581. The predicted molar refractivity (Wildman–Crippen MR) is 78.3 cm³/mol. The molecule has 2 heterocycles. The molecule has 0 spiro atoms. The number of fused-ring (bicyclic) bond motifs is 3. The minimum atomic E-state index is -0.578. The fraction of sp³-hybridized carbons (Fsp3) is 0. The Morgan fingerprint density at radius 3 is 2.52 bits per heavy atom. The highest BCUT2D eigenvalue weighted by atomic mass is 16.4. The van der Waals surface area contributed by atoms with Crippen molar-refractivity contribution in [1.82, 2.24) is 4.98 Å². The molecule has 4 rings (SSSR count). The lowest BCUT2D eigenvalue weighted by Gasteiger charge is -2.03. The van der Waals surface area contributed by atoms with E-state index in [4.69, 9.17) is 8.83 Å². The minimum Gasteiger partial charge on any atom is -0.453 e. The molecule has 0 fully saturated rings. The highest BCUT2D eigenvalue weighted by Gasteiger charge is 2.12. The van der Waals surface area contributed by atoms with Crippen LogP contribution in [-0.2, 0) is 0 Å². The molecule has 0 aliphatic heterocycles. The Morgan fingerprint density at radius 2 is 1.71 bits per heavy atom. The summed E-state index contributed by atoms with van der Waals surface area (Å²) in [7, 11) is 0. The van der Waals surface area contributed by atoms with Crippen molar-refractivity contribution in [3.63, 3.8) is 0 Å². The van der Waals surface area contributed by atoms with Gasteiger partial charge in [-0.2, -0.15) is 0 Å². The lowest BCUT2D eigenvalue weighted by Crippen LogP contribution is -2.00. The van der Waals surface area contributed by atoms with E-state index in [1.807, 2.05) is 30.3 Å². The van der Waals surface area contributed by atoms with Crippen molar-refractivity contribution in [2.75, 3.05) is 0 Å². The summed E-state index contributed by atoms with van der Waals surface area (Å²) >= 11 is 0. The van der Waals surface area contributed by atoms with Crippen LogP contribution in [0.3, 0.4) is 0 Å². The first kappa shape index (κ1) is 11.7. The second kappa shape index (κ2) is 4.21. The van der Waals surface area contributed by atoms with Crippen molar-refractivity contribution in [1.29, 1.82) is 0 Å². The fourth-order valence-electron chi connectivity index (χ4n) is 2.38. The first-order valence-electron chi connectivity index (χ1n) is 6.37. The Bertz CT molecular complexity index is 1070. The molecule has 0 bridgehead atoms. The summed E-state index contributed by atoms with van der Waals surface area (Å²) in [6.07, 6.45) is 0. The van der Waals surface area contributed by atoms with Gasteiger partial charge in [0.1, 0.15) is 11.3 Å². The van der Waals surface area contributed by atoms with Crippen LogP contribution >= 0.6 is 0 Å². The summed E-state index contributed by atoms with van der Waals surface area (Å²) in [4.78, 5) is 26.1. The van der Waals surface area contributed by atoms with Gasteiger partial charge in [-0.3, -0.25) is 9.78 Å². The van der Waals surface area contributed by atoms with Crippen LogP contribution < -0.4 is 11.2 Å². The zero-order chi connectivity index (χ0) is 14.4. The zero-order valence-electron chi connectivity index (χ0n) is 10.8. The average molecular weight is 279 g/mol. The first-order chi connectivity index (χ1) is 10.2. The molecule has 0 saturated carbocycles. The van der Waals surface area contributed by atoms with Crippen LogP contribution in [0.25, 0.3) is 33.4 Å². The van der Waals surface area contributed by atoms with Crippen molar-refractivity contribution in [2.45, 2.75) is 0 Å². The number of aromatic nitrogens is 1. The number of H-pyrrole nitrogens is 1. The molecule has 0 unspecified atom stereocenters. The zero-order valence-corrected chi connectivity index (χ0v) is 10.8. The highest BCUT2D eigenvalue weighted by molar-refractivity contribution is 5.99. The van der Waals surface area contributed by atoms with Gasteiger partial charge in [0.15, 0.2) is 16.6 Å². The SMILES string of the molecule is O=c1[nH]c2c(ccc3c(=O)cc(-c4ccccc4)oc32)o1. The van der Waals surface area contributed by atoms with Crippen LogP contribution in [0.2, 0.25) is 0 Å². The van der Waals surface area contributed by atoms with Gasteiger partial charge in [-0.1, -0.05) is 30.3 Å². The second-order valence-electron chi connectivity index (χ2n) is 4.67. The number of aromatic amines is 1. The molecule has 0 amide bonds. The topological polar surface area (TPSA) is 76.2 Å². The van der Waals surface area contributed by atoms with Gasteiger partial charge in [0.2, 0.25) is 0 Å². The van der Waals surface area contributed by atoms with E-state index >= 15 is 0 Å². The van der Waals surface area contributed by atoms with Crippen LogP contribution in [0.15, 0.2) is 67.0 Å². The number of oxazole rings is 1. The molecule has 0 aliphatic carbocycles. The summed E-state index contributed by atoms with van der Waals surface area (Å²) in [6.45, 7) is 0. The molecule has 0 aliphatic rings. The predicted octanol–water partition coefficient (Wildman–Crippen LogP) is 2.89. The molecule has 0 radical (unpaired) electrons. The van der Waals surface area contributed by atoms with E-state index in [1.54, 1.807) is 12.1 Å². The molecule has 2 aromatic carbocycles. The maximum absolute atomic E-state index is 12.2. The number of hydrogen-bond donors (Lipinski definition) is 1. The van der Waals surface area contributed by atoms with Crippen molar-refractivity contribution >= 4 is 22.1 Å². The average Bonchev–Trinajstić information content (AvgIpc) is 2.89. The molecule has 4 aromatic rings. The third-order valence-electron chi connectivity index (χ3n) is 3.35. The molecule has 102 valence electrons. The maximum Gasteiger partial charge on any atom is 0.417 e. The number of nitrogens with one attached hydrogen (secondary N) is 1. The molecule has 0 saturated heterocycles. The molecular weight excluding hydrogens is 270 g/mol. The third kappa shape index (κ3) is 1.79. The lowest BCUT2D eigenvalue weighted by molar-refractivity contribution is 0.555. The van der Waals surface area contributed by atoms with Gasteiger partial charge in [-0.25, -0.2) is 4.79 Å². The Hall–Kier alpha value is -3.08. The molecule has 5 heteroatoms. The van der Waals surface area contributed by atoms with Gasteiger partial charge >= 0.3 is 5.76 Å². The Kier molecular flexibility index (Phi) is 2.35. The van der Waals surface area contributed by atoms with Crippen molar-refractivity contribution in [2.24, 2.45) is 0 Å². The van der Waals surface area contributed by atoms with E-state index in [0.29, 0.717) is 27.8 Å². The monoisotopic (exact) mass is 279 g/mol. The largest absolute Gasteiger partial charge is 0.453 e. The van der Waals surface area contributed by atoms with E-state index in [-0.39, 0.29) is 5.43 Å². The Morgan fingerprint density at radius 1 is 0.905 bits per heavy atom. The molecule has 5 nitrogen and oxygen atoms in total. The highest BCUT2D eigenvalue weighted by Crippen LogP contribution is 2.26. The standard InChI is InChI=1S/C16H9NO4/c18-11-8-13(9-4-2-1-3-5-9)20-15-10(11)6-7-12-14(15)17-16(19)21-12/h1-8H,(H,17,19). The lowest BCUT2D eigenvalue weighted by atomic mass is 10.1. The van der Waals surface area contributed by atoms with Crippen LogP contribution in [0.4, 0.5) is 0 Å². The Labute approximate surface area is 117 Å². The summed E-state index contributed by atoms with van der Waals surface area (Å²) < 4.78 is 10.8. The van der Waals surface area contributed by atoms with Crippen molar-refractivity contribution in [3.8, 4) is 11.3 Å². The van der Waals surface area contributed by atoms with Gasteiger partial charge in [0, 0.05) is 11.6 Å². The first-order valence-corrected chi connectivity index (χ1v) is 6.37. The summed E-state index contributed by atoms with van der Waals surface area (Å²) in [6, 6.07) is 13.9. The van der Waals surface area contributed by atoms with Crippen molar-refractivity contribution in [3.05, 3.63) is 69.3 Å². The number of hydrogen-bond acceptors (Lipinski definition) is 4. The van der Waals surface area contributed by atoms with Gasteiger partial charge in [0.05, 0.1) is 5.39 Å². The van der Waals surface area contributed by atoms with Crippen LogP contribution in [-0.4, -0.2) is 4.98 Å². The summed E-state index contributed by atoms with van der Waals surface area (Å²) in [5.41, 5.74) is 1.70. The van der Waals surface area contributed by atoms with Crippen molar-refractivity contribution < 1.29 is 8.83 Å². The third-order valence-corrected chi connectivity index (χ3v) is 3.35. The van der Waals surface area contributed by atoms with E-state index in [1.165, 1.54) is 6.07 Å². The number of benzene rings is 2. The smallest absolute Gasteiger partial charge is 0.417 e.